The van der Waals surface area contributed by atoms with Gasteiger partial charge in [-0.15, -0.1) is 10.2 Å². The molecule has 7 rings (SSSR count). The maximum absolute atomic E-state index is 7.08. The minimum Gasteiger partial charge on any atom is -0.368 e. The van der Waals surface area contributed by atoms with E-state index in [0.717, 1.165) is 54.6 Å². The van der Waals surface area contributed by atoms with E-state index in [1.54, 1.807) is 0 Å². The van der Waals surface area contributed by atoms with Crippen LogP contribution in [0.4, 0.5) is 0 Å². The van der Waals surface area contributed by atoms with Crippen LogP contribution in [0.1, 0.15) is 135 Å². The van der Waals surface area contributed by atoms with Gasteiger partial charge in [-0.2, -0.15) is 0 Å². The summed E-state index contributed by atoms with van der Waals surface area (Å²) in [6.45, 7) is 24.0. The van der Waals surface area contributed by atoms with E-state index in [9.17, 15) is 0 Å². The van der Waals surface area contributed by atoms with Gasteiger partial charge < -0.3 is 9.47 Å². The van der Waals surface area contributed by atoms with E-state index in [0.29, 0.717) is 23.8 Å². The molecule has 0 radical (unpaired) electrons. The molecule has 0 N–H and O–H groups in total. The smallest absolute Gasteiger partial charge is 0.121 e. The second-order valence-corrected chi connectivity index (χ2v) is 18.0. The van der Waals surface area contributed by atoms with Gasteiger partial charge in [-0.25, -0.2) is 9.36 Å². The minimum absolute atomic E-state index is 0.0171. The fraction of sp³-hybridized carbons (Fsp3) is 0.610. The molecule has 0 saturated heterocycles. The second-order valence-electron chi connectivity index (χ2n) is 18.0. The van der Waals surface area contributed by atoms with Crippen LogP contribution in [-0.4, -0.2) is 41.2 Å². The molecule has 0 aliphatic heterocycles. The molecule has 262 valence electrons. The predicted octanol–water partition coefficient (Wildman–Crippen LogP) is 9.25. The zero-order valence-electron chi connectivity index (χ0n) is 31.5. The Morgan fingerprint density at radius 3 is 2.18 bits per heavy atom. The molecule has 2 aromatic heterocycles. The molecule has 3 aliphatic rings. The Morgan fingerprint density at radius 2 is 1.51 bits per heavy atom. The lowest BCUT2D eigenvalue weighted by Gasteiger charge is -2.33. The van der Waals surface area contributed by atoms with Crippen molar-refractivity contribution in [2.24, 2.45) is 17.8 Å². The SMILES string of the molecule is CC(C)n1nnc2c1CCC1C(CC2)C1C(OC(C)(C)C)c1ccc2c(c1)-c1nnn(C(C)(C)C)c1-c1ccccc1C(OC(C)(C)C)C2. The summed E-state index contributed by atoms with van der Waals surface area (Å²) in [5, 5.41) is 18.9. The average Bonchev–Trinajstić information content (AvgIpc) is 3.28. The largest absolute Gasteiger partial charge is 0.368 e. The fourth-order valence-electron chi connectivity index (χ4n) is 8.49. The van der Waals surface area contributed by atoms with Crippen molar-refractivity contribution in [1.82, 2.24) is 30.0 Å². The van der Waals surface area contributed by atoms with Crippen LogP contribution < -0.4 is 0 Å². The monoisotopic (exact) mass is 664 g/mol. The molecule has 5 unspecified atom stereocenters. The average molecular weight is 665 g/mol. The Balaban J connectivity index is 1.32. The van der Waals surface area contributed by atoms with Gasteiger partial charge in [0.1, 0.15) is 5.69 Å². The Bertz CT molecular complexity index is 1830. The first-order chi connectivity index (χ1) is 23.0. The summed E-state index contributed by atoms with van der Waals surface area (Å²) in [6.07, 6.45) is 4.90. The van der Waals surface area contributed by atoms with Gasteiger partial charge in [0.25, 0.3) is 0 Å². The zero-order valence-corrected chi connectivity index (χ0v) is 31.5. The van der Waals surface area contributed by atoms with Crippen LogP contribution in [0.3, 0.4) is 0 Å². The van der Waals surface area contributed by atoms with Gasteiger partial charge in [0.15, 0.2) is 0 Å². The number of aromatic nitrogens is 6. The normalized spacial score (nSPS) is 22.9. The number of nitrogens with zero attached hydrogens (tertiary/aromatic N) is 6. The van der Waals surface area contributed by atoms with Crippen molar-refractivity contribution in [2.45, 2.75) is 143 Å². The van der Waals surface area contributed by atoms with Crippen molar-refractivity contribution in [1.29, 1.82) is 0 Å². The van der Waals surface area contributed by atoms with Crippen molar-refractivity contribution < 1.29 is 9.47 Å². The highest BCUT2D eigenvalue weighted by Gasteiger charge is 2.55. The summed E-state index contributed by atoms with van der Waals surface area (Å²) in [7, 11) is 0. The number of benzene rings is 2. The Morgan fingerprint density at radius 1 is 0.796 bits per heavy atom. The molecule has 4 aromatic rings. The first-order valence-corrected chi connectivity index (χ1v) is 18.5. The van der Waals surface area contributed by atoms with E-state index < -0.39 is 0 Å². The van der Waals surface area contributed by atoms with E-state index in [1.165, 1.54) is 28.1 Å². The highest BCUT2D eigenvalue weighted by molar-refractivity contribution is 5.83. The first kappa shape index (κ1) is 34.1. The van der Waals surface area contributed by atoms with Crippen LogP contribution in [0, 0.1) is 17.8 Å². The Kier molecular flexibility index (Phi) is 8.46. The molecule has 0 amide bonds. The quantitative estimate of drug-likeness (QED) is 0.212. The van der Waals surface area contributed by atoms with Crippen LogP contribution in [-0.2, 0) is 34.3 Å². The number of hydrogen-bond donors (Lipinski definition) is 0. The molecule has 1 fully saturated rings. The van der Waals surface area contributed by atoms with Crippen molar-refractivity contribution in [2.75, 3.05) is 0 Å². The molecular weight excluding hydrogens is 608 g/mol. The number of aryl methyl sites for hydroxylation is 1. The van der Waals surface area contributed by atoms with E-state index in [-0.39, 0.29) is 28.9 Å². The van der Waals surface area contributed by atoms with Crippen molar-refractivity contribution in [3.05, 3.63) is 70.5 Å². The first-order valence-electron chi connectivity index (χ1n) is 18.5. The summed E-state index contributed by atoms with van der Waals surface area (Å²) in [4.78, 5) is 0. The van der Waals surface area contributed by atoms with E-state index in [4.69, 9.17) is 19.8 Å². The third-order valence-electron chi connectivity index (χ3n) is 10.5. The third kappa shape index (κ3) is 6.63. The maximum atomic E-state index is 7.08. The molecule has 2 heterocycles. The highest BCUT2D eigenvalue weighted by Crippen LogP contribution is 2.60. The van der Waals surface area contributed by atoms with Crippen LogP contribution in [0.5, 0.6) is 0 Å². The summed E-state index contributed by atoms with van der Waals surface area (Å²) in [6, 6.07) is 16.0. The fourth-order valence-corrected chi connectivity index (χ4v) is 8.49. The van der Waals surface area contributed by atoms with Crippen LogP contribution in [0.25, 0.3) is 22.5 Å². The van der Waals surface area contributed by atoms with Gasteiger partial charge in [0.05, 0.1) is 46.0 Å². The standard InChI is InChI=1S/C41H56N6O2/c1-24(2)46-33-21-19-29-28(18-20-32(33)42-44-46)35(29)38(49-41(9,10)11)26-17-16-25-23-34(48-40(6,7)8)27-14-12-13-15-30(27)37-36(31(25)22-26)43-45-47(37)39(3,4)5/h12-17,22,24,28-29,34-35,38H,18-21,23H2,1-11H3. The number of fused-ring (bicyclic) bond motifs is 7. The predicted molar refractivity (Wildman–Crippen MR) is 194 cm³/mol. The summed E-state index contributed by atoms with van der Waals surface area (Å²) >= 11 is 0. The maximum Gasteiger partial charge on any atom is 0.121 e. The van der Waals surface area contributed by atoms with Gasteiger partial charge in [-0.3, -0.25) is 0 Å². The Labute approximate surface area is 293 Å². The summed E-state index contributed by atoms with van der Waals surface area (Å²) in [5.41, 5.74) is 9.55. The van der Waals surface area contributed by atoms with E-state index in [1.807, 2.05) is 0 Å². The molecule has 8 nitrogen and oxygen atoms in total. The van der Waals surface area contributed by atoms with Crippen molar-refractivity contribution in [3.8, 4) is 22.5 Å². The number of ether oxygens (including phenoxy) is 2. The third-order valence-corrected chi connectivity index (χ3v) is 10.5. The van der Waals surface area contributed by atoms with Crippen molar-refractivity contribution in [3.63, 3.8) is 0 Å². The van der Waals surface area contributed by atoms with Gasteiger partial charge in [0, 0.05) is 23.6 Å². The molecule has 5 atom stereocenters. The van der Waals surface area contributed by atoms with Gasteiger partial charge in [-0.05, 0) is 142 Å². The molecule has 0 spiro atoms. The highest BCUT2D eigenvalue weighted by atomic mass is 16.5. The molecular formula is C41H56N6O2. The van der Waals surface area contributed by atoms with E-state index in [2.05, 4.69) is 138 Å². The van der Waals surface area contributed by atoms with Gasteiger partial charge in [-0.1, -0.05) is 46.8 Å². The molecule has 8 heteroatoms. The summed E-state index contributed by atoms with van der Waals surface area (Å²) < 4.78 is 18.2. The minimum atomic E-state index is -0.309. The molecule has 1 saturated carbocycles. The number of rotatable bonds is 5. The second kappa shape index (κ2) is 12.2. The van der Waals surface area contributed by atoms with Gasteiger partial charge in [0.2, 0.25) is 0 Å². The lowest BCUT2D eigenvalue weighted by Crippen LogP contribution is -2.27. The lowest BCUT2D eigenvalue weighted by molar-refractivity contribution is -0.0758. The van der Waals surface area contributed by atoms with Gasteiger partial charge >= 0.3 is 0 Å². The lowest BCUT2D eigenvalue weighted by atomic mass is 9.85. The Hall–Kier alpha value is -3.36. The zero-order chi connectivity index (χ0) is 35.0. The molecule has 3 aliphatic carbocycles. The van der Waals surface area contributed by atoms with E-state index >= 15 is 0 Å². The summed E-state index contributed by atoms with van der Waals surface area (Å²) in [5.74, 6) is 1.69. The molecule has 2 aromatic carbocycles. The van der Waals surface area contributed by atoms with Crippen LogP contribution in [0.15, 0.2) is 42.5 Å². The number of hydrogen-bond acceptors (Lipinski definition) is 6. The van der Waals surface area contributed by atoms with Crippen LogP contribution >= 0.6 is 0 Å². The van der Waals surface area contributed by atoms with Crippen molar-refractivity contribution >= 4 is 0 Å². The molecule has 49 heavy (non-hydrogen) atoms. The molecule has 0 bridgehead atoms. The topological polar surface area (TPSA) is 79.9 Å². The van der Waals surface area contributed by atoms with Crippen LogP contribution in [0.2, 0.25) is 0 Å².